The first-order chi connectivity index (χ1) is 31.3. The predicted molar refractivity (Wildman–Crippen MR) is 275 cm³/mol. The van der Waals surface area contributed by atoms with Gasteiger partial charge in [0, 0.05) is 19.3 Å². The molecule has 0 aliphatic heterocycles. The fraction of sp³-hybridized carbons (Fsp3) is 0.948. The molecule has 0 aliphatic rings. The van der Waals surface area contributed by atoms with Crippen LogP contribution in [0.1, 0.15) is 324 Å². The highest BCUT2D eigenvalue weighted by Gasteiger charge is 2.19. The van der Waals surface area contributed by atoms with Gasteiger partial charge in [0.15, 0.2) is 6.10 Å². The van der Waals surface area contributed by atoms with Crippen LogP contribution in [0.25, 0.3) is 0 Å². The highest BCUT2D eigenvalue weighted by atomic mass is 16.6. The van der Waals surface area contributed by atoms with Crippen LogP contribution >= 0.6 is 0 Å². The first kappa shape index (κ1) is 62.4. The van der Waals surface area contributed by atoms with Crippen LogP contribution in [-0.4, -0.2) is 37.2 Å². The van der Waals surface area contributed by atoms with Crippen LogP contribution in [0, 0.1) is 11.8 Å². The van der Waals surface area contributed by atoms with Crippen molar-refractivity contribution in [3.8, 4) is 0 Å². The average Bonchev–Trinajstić information content (AvgIpc) is 3.28. The van der Waals surface area contributed by atoms with E-state index in [4.69, 9.17) is 14.2 Å². The summed E-state index contributed by atoms with van der Waals surface area (Å²) in [6.07, 6.45) is 53.7. The molecule has 0 saturated carbocycles. The number of hydrogen-bond acceptors (Lipinski definition) is 6. The van der Waals surface area contributed by atoms with Crippen LogP contribution in [-0.2, 0) is 28.6 Å². The van der Waals surface area contributed by atoms with Gasteiger partial charge in [0.25, 0.3) is 0 Å². The Morgan fingerprint density at radius 2 is 0.594 bits per heavy atom. The first-order valence-electron chi connectivity index (χ1n) is 28.8. The lowest BCUT2D eigenvalue weighted by molar-refractivity contribution is -0.167. The molecule has 0 spiro atoms. The SMILES string of the molecule is CCCCCCCCCCCCCC(=O)OC[C@H](COC(=O)CCCCCCCCCCCCCCCCC(C)C)OC(=O)CCCCCCCCCCCCCCCCC(C)CC. The van der Waals surface area contributed by atoms with Crippen molar-refractivity contribution in [1.29, 1.82) is 0 Å². The average molecular weight is 906 g/mol. The van der Waals surface area contributed by atoms with Crippen LogP contribution in [0.15, 0.2) is 0 Å². The molecule has 64 heavy (non-hydrogen) atoms. The molecule has 0 N–H and O–H groups in total. The molecule has 0 aliphatic carbocycles. The minimum absolute atomic E-state index is 0.0627. The largest absolute Gasteiger partial charge is 0.462 e. The summed E-state index contributed by atoms with van der Waals surface area (Å²) in [4.78, 5) is 38.1. The second kappa shape index (κ2) is 50.8. The van der Waals surface area contributed by atoms with Crippen LogP contribution in [0.4, 0.5) is 0 Å². The number of ether oxygens (including phenoxy) is 3. The molecular weight excluding hydrogens is 793 g/mol. The number of unbranched alkanes of at least 4 members (excludes halogenated alkanes) is 36. The Morgan fingerprint density at radius 1 is 0.328 bits per heavy atom. The molecule has 0 aromatic heterocycles. The molecule has 0 fully saturated rings. The summed E-state index contributed by atoms with van der Waals surface area (Å²) in [6.45, 7) is 11.4. The van der Waals surface area contributed by atoms with Crippen LogP contribution in [0.5, 0.6) is 0 Å². The summed E-state index contributed by atoms with van der Waals surface area (Å²) < 4.78 is 16.9. The smallest absolute Gasteiger partial charge is 0.306 e. The van der Waals surface area contributed by atoms with E-state index in [0.717, 1.165) is 69.6 Å². The molecule has 0 aromatic rings. The molecule has 0 bridgehead atoms. The van der Waals surface area contributed by atoms with Crippen molar-refractivity contribution in [2.24, 2.45) is 11.8 Å². The maximum atomic E-state index is 12.8. The van der Waals surface area contributed by atoms with E-state index >= 15 is 0 Å². The van der Waals surface area contributed by atoms with Gasteiger partial charge in [-0.1, -0.05) is 285 Å². The van der Waals surface area contributed by atoms with Crippen molar-refractivity contribution in [2.45, 2.75) is 330 Å². The third-order valence-electron chi connectivity index (χ3n) is 13.6. The second-order valence-electron chi connectivity index (χ2n) is 20.6. The number of esters is 3. The standard InChI is InChI=1S/C58H112O6/c1-6-8-9-10-11-12-21-28-33-38-43-48-56(59)62-51-55(52-63-57(60)49-44-39-34-29-24-19-15-13-17-22-26-31-36-41-46-53(3)4)64-58(61)50-45-40-35-30-25-20-16-14-18-23-27-32-37-42-47-54(5)7-2/h53-55H,6-52H2,1-5H3/t54?,55-/m1/s1. The Balaban J connectivity index is 4.27. The van der Waals surface area contributed by atoms with Crippen LogP contribution in [0.2, 0.25) is 0 Å². The molecule has 1 unspecified atom stereocenters. The molecule has 0 aromatic carbocycles. The van der Waals surface area contributed by atoms with Gasteiger partial charge in [-0.05, 0) is 31.1 Å². The zero-order valence-corrected chi connectivity index (χ0v) is 43.9. The van der Waals surface area contributed by atoms with Crippen molar-refractivity contribution in [2.75, 3.05) is 13.2 Å². The van der Waals surface area contributed by atoms with E-state index in [0.29, 0.717) is 19.3 Å². The fourth-order valence-corrected chi connectivity index (χ4v) is 8.84. The van der Waals surface area contributed by atoms with E-state index in [1.165, 1.54) is 212 Å². The lowest BCUT2D eigenvalue weighted by Crippen LogP contribution is -2.30. The highest BCUT2D eigenvalue weighted by molar-refractivity contribution is 5.71. The van der Waals surface area contributed by atoms with Crippen molar-refractivity contribution in [3.05, 3.63) is 0 Å². The normalized spacial score (nSPS) is 12.5. The van der Waals surface area contributed by atoms with Gasteiger partial charge in [-0.15, -0.1) is 0 Å². The van der Waals surface area contributed by atoms with Gasteiger partial charge in [-0.3, -0.25) is 14.4 Å². The van der Waals surface area contributed by atoms with Gasteiger partial charge in [-0.25, -0.2) is 0 Å². The first-order valence-corrected chi connectivity index (χ1v) is 28.8. The molecule has 0 amide bonds. The molecule has 380 valence electrons. The predicted octanol–water partition coefficient (Wildman–Crippen LogP) is 18.9. The van der Waals surface area contributed by atoms with Gasteiger partial charge in [0.2, 0.25) is 0 Å². The summed E-state index contributed by atoms with van der Waals surface area (Å²) >= 11 is 0. The van der Waals surface area contributed by atoms with E-state index in [1.807, 2.05) is 0 Å². The van der Waals surface area contributed by atoms with Crippen molar-refractivity contribution in [1.82, 2.24) is 0 Å². The number of carbonyl (C=O) groups is 3. The summed E-state index contributed by atoms with van der Waals surface area (Å²) in [7, 11) is 0. The minimum Gasteiger partial charge on any atom is -0.462 e. The Morgan fingerprint density at radius 3 is 0.891 bits per heavy atom. The lowest BCUT2D eigenvalue weighted by Gasteiger charge is -2.18. The summed E-state index contributed by atoms with van der Waals surface area (Å²) in [6, 6.07) is 0. The molecule has 6 nitrogen and oxygen atoms in total. The van der Waals surface area contributed by atoms with Crippen molar-refractivity contribution in [3.63, 3.8) is 0 Å². The number of carbonyl (C=O) groups excluding carboxylic acids is 3. The van der Waals surface area contributed by atoms with E-state index < -0.39 is 6.10 Å². The maximum absolute atomic E-state index is 12.8. The molecule has 0 heterocycles. The van der Waals surface area contributed by atoms with Crippen molar-refractivity contribution >= 4 is 17.9 Å². The lowest BCUT2D eigenvalue weighted by atomic mass is 9.99. The third kappa shape index (κ3) is 49.8. The Bertz CT molecular complexity index is 980. The zero-order chi connectivity index (χ0) is 46.8. The quantitative estimate of drug-likeness (QED) is 0.0344. The van der Waals surface area contributed by atoms with Gasteiger partial charge in [0.05, 0.1) is 0 Å². The molecule has 0 saturated heterocycles. The monoisotopic (exact) mass is 905 g/mol. The van der Waals surface area contributed by atoms with E-state index in [1.54, 1.807) is 0 Å². The molecule has 0 radical (unpaired) electrons. The Labute approximate surface area is 399 Å². The molecular formula is C58H112O6. The number of hydrogen-bond donors (Lipinski definition) is 0. The Kier molecular flexibility index (Phi) is 49.6. The molecule has 0 rings (SSSR count). The van der Waals surface area contributed by atoms with E-state index in [2.05, 4.69) is 34.6 Å². The third-order valence-corrected chi connectivity index (χ3v) is 13.6. The molecule has 2 atom stereocenters. The Hall–Kier alpha value is -1.59. The van der Waals surface area contributed by atoms with E-state index in [9.17, 15) is 14.4 Å². The van der Waals surface area contributed by atoms with Crippen LogP contribution < -0.4 is 0 Å². The molecule has 6 heteroatoms. The number of rotatable bonds is 52. The maximum Gasteiger partial charge on any atom is 0.306 e. The van der Waals surface area contributed by atoms with Gasteiger partial charge < -0.3 is 14.2 Å². The zero-order valence-electron chi connectivity index (χ0n) is 43.9. The van der Waals surface area contributed by atoms with Crippen molar-refractivity contribution < 1.29 is 28.6 Å². The minimum atomic E-state index is -0.762. The fourth-order valence-electron chi connectivity index (χ4n) is 8.84. The van der Waals surface area contributed by atoms with Crippen LogP contribution in [0.3, 0.4) is 0 Å². The summed E-state index contributed by atoms with van der Waals surface area (Å²) in [5.74, 6) is 0.899. The van der Waals surface area contributed by atoms with Gasteiger partial charge in [-0.2, -0.15) is 0 Å². The van der Waals surface area contributed by atoms with Gasteiger partial charge in [0.1, 0.15) is 13.2 Å². The summed E-state index contributed by atoms with van der Waals surface area (Å²) in [5, 5.41) is 0. The topological polar surface area (TPSA) is 78.9 Å². The van der Waals surface area contributed by atoms with Gasteiger partial charge >= 0.3 is 17.9 Å². The van der Waals surface area contributed by atoms with E-state index in [-0.39, 0.29) is 31.1 Å². The highest BCUT2D eigenvalue weighted by Crippen LogP contribution is 2.18. The second-order valence-corrected chi connectivity index (χ2v) is 20.6. The summed E-state index contributed by atoms with van der Waals surface area (Å²) in [5.41, 5.74) is 0.